The van der Waals surface area contributed by atoms with Crippen molar-refractivity contribution in [2.75, 3.05) is 0 Å². The predicted octanol–water partition coefficient (Wildman–Crippen LogP) is 4.05. The Kier molecular flexibility index (Phi) is 4.16. The Bertz CT molecular complexity index is 418. The van der Waals surface area contributed by atoms with Crippen LogP contribution in [0.4, 0.5) is 0 Å². The van der Waals surface area contributed by atoms with Gasteiger partial charge in [-0.3, -0.25) is 4.98 Å². The standard InChI is InChI=1S/C12H15BrClNO/c1-5-12(3,4)11(16)10-9(14)7(2)8(13)6-15-10/h5-6,11,16H,1H2,2-4H3. The summed E-state index contributed by atoms with van der Waals surface area (Å²) in [6, 6.07) is 0. The van der Waals surface area contributed by atoms with Crippen LogP contribution in [0.15, 0.2) is 23.3 Å². The maximum absolute atomic E-state index is 10.2. The van der Waals surface area contributed by atoms with E-state index >= 15 is 0 Å². The molecule has 0 aromatic carbocycles. The van der Waals surface area contributed by atoms with Crippen LogP contribution >= 0.6 is 27.5 Å². The second kappa shape index (κ2) is 4.86. The van der Waals surface area contributed by atoms with Crippen molar-refractivity contribution in [2.45, 2.75) is 26.9 Å². The topological polar surface area (TPSA) is 33.1 Å². The molecular formula is C12H15BrClNO. The van der Waals surface area contributed by atoms with Gasteiger partial charge in [0.05, 0.1) is 10.7 Å². The monoisotopic (exact) mass is 303 g/mol. The SMILES string of the molecule is C=CC(C)(C)C(O)c1ncc(Br)c(C)c1Cl. The summed E-state index contributed by atoms with van der Waals surface area (Å²) in [5, 5.41) is 10.7. The Labute approximate surface area is 109 Å². The molecule has 16 heavy (non-hydrogen) atoms. The van der Waals surface area contributed by atoms with Gasteiger partial charge in [0, 0.05) is 16.1 Å². The second-order valence-corrected chi connectivity index (χ2v) is 5.59. The number of aromatic nitrogens is 1. The molecule has 1 unspecified atom stereocenters. The van der Waals surface area contributed by atoms with Gasteiger partial charge in [-0.25, -0.2) is 0 Å². The largest absolute Gasteiger partial charge is 0.386 e. The van der Waals surface area contributed by atoms with Crippen LogP contribution in [-0.4, -0.2) is 10.1 Å². The number of rotatable bonds is 3. The normalized spacial score (nSPS) is 13.6. The summed E-state index contributed by atoms with van der Waals surface area (Å²) in [5.41, 5.74) is 0.912. The Balaban J connectivity index is 3.25. The molecule has 0 saturated carbocycles. The fraction of sp³-hybridized carbons (Fsp3) is 0.417. The van der Waals surface area contributed by atoms with Crippen LogP contribution < -0.4 is 0 Å². The van der Waals surface area contributed by atoms with Crippen molar-refractivity contribution in [1.29, 1.82) is 0 Å². The van der Waals surface area contributed by atoms with E-state index in [4.69, 9.17) is 11.6 Å². The van der Waals surface area contributed by atoms with Crippen LogP contribution in [0.1, 0.15) is 31.2 Å². The molecule has 4 heteroatoms. The molecule has 88 valence electrons. The van der Waals surface area contributed by atoms with E-state index in [1.54, 1.807) is 12.3 Å². The molecule has 0 spiro atoms. The smallest absolute Gasteiger partial charge is 0.106 e. The van der Waals surface area contributed by atoms with E-state index in [-0.39, 0.29) is 0 Å². The summed E-state index contributed by atoms with van der Waals surface area (Å²) in [6.07, 6.45) is 2.59. The molecule has 1 atom stereocenters. The third-order valence-corrected chi connectivity index (χ3v) is 4.00. The zero-order valence-electron chi connectivity index (χ0n) is 9.59. The fourth-order valence-corrected chi connectivity index (χ4v) is 1.90. The molecule has 1 heterocycles. The number of hydrogen-bond acceptors (Lipinski definition) is 2. The van der Waals surface area contributed by atoms with Crippen molar-refractivity contribution in [3.63, 3.8) is 0 Å². The average Bonchev–Trinajstić information content (AvgIpc) is 2.25. The van der Waals surface area contributed by atoms with Crippen molar-refractivity contribution >= 4 is 27.5 Å². The molecule has 2 nitrogen and oxygen atoms in total. The first-order valence-corrected chi connectivity index (χ1v) is 6.10. The molecule has 1 aromatic rings. The highest BCUT2D eigenvalue weighted by Crippen LogP contribution is 2.38. The van der Waals surface area contributed by atoms with Crippen molar-refractivity contribution < 1.29 is 5.11 Å². The van der Waals surface area contributed by atoms with E-state index in [1.807, 2.05) is 20.8 Å². The van der Waals surface area contributed by atoms with Gasteiger partial charge in [-0.15, -0.1) is 6.58 Å². The summed E-state index contributed by atoms with van der Waals surface area (Å²) in [5.74, 6) is 0. The zero-order chi connectivity index (χ0) is 12.5. The van der Waals surface area contributed by atoms with Gasteiger partial charge in [0.2, 0.25) is 0 Å². The van der Waals surface area contributed by atoms with Gasteiger partial charge < -0.3 is 5.11 Å². The maximum Gasteiger partial charge on any atom is 0.106 e. The fourth-order valence-electron chi connectivity index (χ4n) is 1.23. The third-order valence-electron chi connectivity index (χ3n) is 2.72. The Morgan fingerprint density at radius 2 is 2.19 bits per heavy atom. The lowest BCUT2D eigenvalue weighted by Gasteiger charge is -2.27. The number of hydrogen-bond donors (Lipinski definition) is 1. The van der Waals surface area contributed by atoms with E-state index in [0.717, 1.165) is 10.0 Å². The van der Waals surface area contributed by atoms with Crippen LogP contribution in [0.3, 0.4) is 0 Å². The number of pyridine rings is 1. The Morgan fingerprint density at radius 1 is 1.62 bits per heavy atom. The molecule has 1 aromatic heterocycles. The lowest BCUT2D eigenvalue weighted by molar-refractivity contribution is 0.0783. The van der Waals surface area contributed by atoms with Crippen LogP contribution in [0.25, 0.3) is 0 Å². The van der Waals surface area contributed by atoms with Crippen molar-refractivity contribution in [1.82, 2.24) is 4.98 Å². The van der Waals surface area contributed by atoms with E-state index in [9.17, 15) is 5.11 Å². The molecule has 1 rings (SSSR count). The predicted molar refractivity (Wildman–Crippen MR) is 70.6 cm³/mol. The molecule has 0 aliphatic carbocycles. The van der Waals surface area contributed by atoms with E-state index in [1.165, 1.54) is 0 Å². The Hall–Kier alpha value is -0.380. The highest BCUT2D eigenvalue weighted by molar-refractivity contribution is 9.10. The first-order chi connectivity index (χ1) is 7.31. The second-order valence-electron chi connectivity index (χ2n) is 4.36. The first-order valence-electron chi connectivity index (χ1n) is 4.93. The molecule has 1 N–H and O–H groups in total. The Morgan fingerprint density at radius 3 is 2.69 bits per heavy atom. The number of nitrogens with zero attached hydrogens (tertiary/aromatic N) is 1. The van der Waals surface area contributed by atoms with E-state index in [0.29, 0.717) is 10.7 Å². The van der Waals surface area contributed by atoms with Gasteiger partial charge in [-0.2, -0.15) is 0 Å². The van der Waals surface area contributed by atoms with Crippen LogP contribution in [0.5, 0.6) is 0 Å². The summed E-state index contributed by atoms with van der Waals surface area (Å²) >= 11 is 9.52. The number of aliphatic hydroxyl groups excluding tert-OH is 1. The maximum atomic E-state index is 10.2. The van der Waals surface area contributed by atoms with Crippen molar-refractivity contribution in [2.24, 2.45) is 5.41 Å². The van der Waals surface area contributed by atoms with Gasteiger partial charge in [-0.1, -0.05) is 31.5 Å². The first kappa shape index (κ1) is 13.7. The average molecular weight is 305 g/mol. The molecular weight excluding hydrogens is 289 g/mol. The summed E-state index contributed by atoms with van der Waals surface area (Å²) < 4.78 is 0.838. The van der Waals surface area contributed by atoms with Gasteiger partial charge in [0.1, 0.15) is 6.10 Å². The molecule has 0 amide bonds. The summed E-state index contributed by atoms with van der Waals surface area (Å²) in [6.45, 7) is 9.37. The lowest BCUT2D eigenvalue weighted by Crippen LogP contribution is -2.20. The zero-order valence-corrected chi connectivity index (χ0v) is 11.9. The van der Waals surface area contributed by atoms with Crippen LogP contribution in [0.2, 0.25) is 5.02 Å². The molecule has 0 aliphatic heterocycles. The summed E-state index contributed by atoms with van der Waals surface area (Å²) in [7, 11) is 0. The number of aliphatic hydroxyl groups is 1. The van der Waals surface area contributed by atoms with Crippen LogP contribution in [-0.2, 0) is 0 Å². The quantitative estimate of drug-likeness (QED) is 0.855. The summed E-state index contributed by atoms with van der Waals surface area (Å²) in [4.78, 5) is 4.18. The van der Waals surface area contributed by atoms with Gasteiger partial charge in [0.15, 0.2) is 0 Å². The van der Waals surface area contributed by atoms with E-state index in [2.05, 4.69) is 27.5 Å². The van der Waals surface area contributed by atoms with Gasteiger partial charge >= 0.3 is 0 Å². The molecule has 0 fully saturated rings. The van der Waals surface area contributed by atoms with Gasteiger partial charge in [-0.05, 0) is 28.4 Å². The molecule has 0 radical (unpaired) electrons. The molecule has 0 aliphatic rings. The molecule has 0 saturated heterocycles. The highest BCUT2D eigenvalue weighted by atomic mass is 79.9. The number of halogens is 2. The van der Waals surface area contributed by atoms with E-state index < -0.39 is 11.5 Å². The molecule has 0 bridgehead atoms. The minimum absolute atomic E-state index is 0.461. The third kappa shape index (κ3) is 2.47. The minimum Gasteiger partial charge on any atom is -0.386 e. The minimum atomic E-state index is -0.760. The van der Waals surface area contributed by atoms with Gasteiger partial charge in [0.25, 0.3) is 0 Å². The lowest BCUT2D eigenvalue weighted by atomic mass is 9.84. The van der Waals surface area contributed by atoms with Crippen molar-refractivity contribution in [3.05, 3.63) is 39.6 Å². The van der Waals surface area contributed by atoms with Crippen LogP contribution in [0, 0.1) is 12.3 Å². The van der Waals surface area contributed by atoms with Crippen molar-refractivity contribution in [3.8, 4) is 0 Å². The highest BCUT2D eigenvalue weighted by Gasteiger charge is 2.29.